The van der Waals surface area contributed by atoms with Crippen molar-refractivity contribution in [3.05, 3.63) is 30.2 Å². The van der Waals surface area contributed by atoms with Crippen LogP contribution in [0.2, 0.25) is 0 Å². The van der Waals surface area contributed by atoms with E-state index in [2.05, 4.69) is 4.98 Å². The Morgan fingerprint density at radius 2 is 2.22 bits per heavy atom. The molecule has 0 amide bonds. The van der Waals surface area contributed by atoms with Crippen molar-refractivity contribution in [2.24, 2.45) is 0 Å². The summed E-state index contributed by atoms with van der Waals surface area (Å²) in [5.74, 6) is 1.80. The Labute approximate surface area is 106 Å². The summed E-state index contributed by atoms with van der Waals surface area (Å²) < 4.78 is 25.3. The van der Waals surface area contributed by atoms with Gasteiger partial charge in [0.15, 0.2) is 9.84 Å². The average Bonchev–Trinajstić information content (AvgIpc) is 2.73. The fourth-order valence-corrected chi connectivity index (χ4v) is 4.32. The SMILES string of the molecule is Nc1cccc2cnc(C3CCCS(=O)(=O)C3)n12. The topological polar surface area (TPSA) is 77.5 Å². The third kappa shape index (κ3) is 1.86. The van der Waals surface area contributed by atoms with Gasteiger partial charge in [-0.1, -0.05) is 6.07 Å². The molecule has 0 aromatic carbocycles. The molecule has 1 aliphatic rings. The minimum atomic E-state index is -2.93. The first kappa shape index (κ1) is 11.5. The molecule has 0 spiro atoms. The monoisotopic (exact) mass is 265 g/mol. The highest BCUT2D eigenvalue weighted by Gasteiger charge is 2.28. The molecule has 3 rings (SSSR count). The van der Waals surface area contributed by atoms with Crippen LogP contribution in [0.4, 0.5) is 5.82 Å². The second kappa shape index (κ2) is 3.98. The zero-order valence-corrected chi connectivity index (χ0v) is 10.7. The van der Waals surface area contributed by atoms with Crippen molar-refractivity contribution in [1.29, 1.82) is 0 Å². The van der Waals surface area contributed by atoms with Gasteiger partial charge in [-0.15, -0.1) is 0 Å². The van der Waals surface area contributed by atoms with Crippen LogP contribution in [0, 0.1) is 0 Å². The molecule has 2 aromatic heterocycles. The summed E-state index contributed by atoms with van der Waals surface area (Å²) >= 11 is 0. The number of pyridine rings is 1. The van der Waals surface area contributed by atoms with Gasteiger partial charge in [0, 0.05) is 5.92 Å². The minimum absolute atomic E-state index is 0.0454. The fraction of sp³-hybridized carbons (Fsp3) is 0.417. The lowest BCUT2D eigenvalue weighted by molar-refractivity contribution is 0.543. The van der Waals surface area contributed by atoms with Gasteiger partial charge in [-0.05, 0) is 25.0 Å². The zero-order chi connectivity index (χ0) is 12.8. The van der Waals surface area contributed by atoms with E-state index in [-0.39, 0.29) is 11.7 Å². The smallest absolute Gasteiger partial charge is 0.151 e. The number of nitrogens with zero attached hydrogens (tertiary/aromatic N) is 2. The Balaban J connectivity index is 2.09. The molecule has 0 saturated carbocycles. The van der Waals surface area contributed by atoms with E-state index in [4.69, 9.17) is 5.73 Å². The number of anilines is 1. The molecule has 1 fully saturated rings. The van der Waals surface area contributed by atoms with Crippen LogP contribution >= 0.6 is 0 Å². The predicted molar refractivity (Wildman–Crippen MR) is 70.2 cm³/mol. The van der Waals surface area contributed by atoms with Gasteiger partial charge in [0.2, 0.25) is 0 Å². The molecular formula is C12H15N3O2S. The molecule has 0 bridgehead atoms. The summed E-state index contributed by atoms with van der Waals surface area (Å²) in [5, 5.41) is 0. The molecule has 1 atom stereocenters. The molecule has 3 heterocycles. The van der Waals surface area contributed by atoms with E-state index in [1.807, 2.05) is 16.5 Å². The summed E-state index contributed by atoms with van der Waals surface area (Å²) in [6.45, 7) is 0. The maximum absolute atomic E-state index is 11.7. The average molecular weight is 265 g/mol. The van der Waals surface area contributed by atoms with E-state index in [1.54, 1.807) is 12.3 Å². The summed E-state index contributed by atoms with van der Waals surface area (Å²) in [5.41, 5.74) is 6.86. The van der Waals surface area contributed by atoms with Gasteiger partial charge in [-0.2, -0.15) is 0 Å². The Morgan fingerprint density at radius 3 is 3.00 bits per heavy atom. The molecule has 0 radical (unpaired) electrons. The lowest BCUT2D eigenvalue weighted by atomic mass is 10.0. The first-order valence-electron chi connectivity index (χ1n) is 5.99. The van der Waals surface area contributed by atoms with Crippen LogP contribution < -0.4 is 5.73 Å². The third-order valence-electron chi connectivity index (χ3n) is 3.44. The number of hydrogen-bond acceptors (Lipinski definition) is 4. The number of sulfone groups is 1. The van der Waals surface area contributed by atoms with Gasteiger partial charge in [0.25, 0.3) is 0 Å². The quantitative estimate of drug-likeness (QED) is 0.840. The number of nitrogens with two attached hydrogens (primary N) is 1. The Morgan fingerprint density at radius 1 is 1.39 bits per heavy atom. The molecule has 2 aromatic rings. The van der Waals surface area contributed by atoms with Crippen LogP contribution in [0.5, 0.6) is 0 Å². The minimum Gasteiger partial charge on any atom is -0.385 e. The molecular weight excluding hydrogens is 250 g/mol. The lowest BCUT2D eigenvalue weighted by Gasteiger charge is -2.21. The van der Waals surface area contributed by atoms with Gasteiger partial charge >= 0.3 is 0 Å². The van der Waals surface area contributed by atoms with Crippen LogP contribution in [-0.4, -0.2) is 29.3 Å². The van der Waals surface area contributed by atoms with E-state index < -0.39 is 9.84 Å². The second-order valence-electron chi connectivity index (χ2n) is 4.78. The van der Waals surface area contributed by atoms with Crippen LogP contribution in [0.25, 0.3) is 5.52 Å². The first-order chi connectivity index (χ1) is 8.57. The van der Waals surface area contributed by atoms with Crippen molar-refractivity contribution in [2.45, 2.75) is 18.8 Å². The summed E-state index contributed by atoms with van der Waals surface area (Å²) in [6, 6.07) is 5.59. The first-order valence-corrected chi connectivity index (χ1v) is 7.81. The van der Waals surface area contributed by atoms with E-state index in [9.17, 15) is 8.42 Å². The van der Waals surface area contributed by atoms with Gasteiger partial charge in [0.05, 0.1) is 23.2 Å². The second-order valence-corrected chi connectivity index (χ2v) is 7.01. The highest BCUT2D eigenvalue weighted by atomic mass is 32.2. The number of nitrogen functional groups attached to an aromatic ring is 1. The molecule has 0 aliphatic carbocycles. The van der Waals surface area contributed by atoms with Gasteiger partial charge in [0.1, 0.15) is 11.6 Å². The Bertz CT molecular complexity index is 690. The number of fused-ring (bicyclic) bond motifs is 1. The fourth-order valence-electron chi connectivity index (χ4n) is 2.61. The highest BCUT2D eigenvalue weighted by Crippen LogP contribution is 2.29. The van der Waals surface area contributed by atoms with Crippen LogP contribution in [0.15, 0.2) is 24.4 Å². The van der Waals surface area contributed by atoms with E-state index >= 15 is 0 Å². The number of imidazole rings is 1. The van der Waals surface area contributed by atoms with Crippen molar-refractivity contribution in [2.75, 3.05) is 17.2 Å². The molecule has 5 nitrogen and oxygen atoms in total. The van der Waals surface area contributed by atoms with E-state index in [0.717, 1.165) is 17.8 Å². The van der Waals surface area contributed by atoms with E-state index in [0.29, 0.717) is 18.0 Å². The van der Waals surface area contributed by atoms with Crippen LogP contribution in [0.3, 0.4) is 0 Å². The molecule has 1 unspecified atom stereocenters. The largest absolute Gasteiger partial charge is 0.385 e. The van der Waals surface area contributed by atoms with E-state index in [1.165, 1.54) is 0 Å². The van der Waals surface area contributed by atoms with Gasteiger partial charge in [-0.3, -0.25) is 4.40 Å². The molecule has 1 aliphatic heterocycles. The third-order valence-corrected chi connectivity index (χ3v) is 5.26. The van der Waals surface area contributed by atoms with Gasteiger partial charge < -0.3 is 5.73 Å². The maximum atomic E-state index is 11.7. The number of hydrogen-bond donors (Lipinski definition) is 1. The Kier molecular flexibility index (Phi) is 2.55. The standard InChI is InChI=1S/C12H15N3O2S/c13-11-5-1-4-10-7-14-12(15(10)11)9-3-2-6-18(16,17)8-9/h1,4-5,7,9H,2-3,6,8,13H2. The van der Waals surface area contributed by atoms with Crippen molar-refractivity contribution in [3.8, 4) is 0 Å². The zero-order valence-electron chi connectivity index (χ0n) is 9.91. The van der Waals surface area contributed by atoms with Crippen molar-refractivity contribution >= 4 is 21.2 Å². The van der Waals surface area contributed by atoms with Crippen LogP contribution in [-0.2, 0) is 9.84 Å². The molecule has 1 saturated heterocycles. The molecule has 2 N–H and O–H groups in total. The number of aromatic nitrogens is 2. The number of rotatable bonds is 1. The Hall–Kier alpha value is -1.56. The van der Waals surface area contributed by atoms with Gasteiger partial charge in [-0.25, -0.2) is 13.4 Å². The maximum Gasteiger partial charge on any atom is 0.151 e. The molecule has 6 heteroatoms. The van der Waals surface area contributed by atoms with Crippen molar-refractivity contribution < 1.29 is 8.42 Å². The molecule has 18 heavy (non-hydrogen) atoms. The van der Waals surface area contributed by atoms with Crippen molar-refractivity contribution in [3.63, 3.8) is 0 Å². The summed E-state index contributed by atoms with van der Waals surface area (Å²) in [7, 11) is -2.93. The lowest BCUT2D eigenvalue weighted by Crippen LogP contribution is -2.25. The van der Waals surface area contributed by atoms with Crippen molar-refractivity contribution in [1.82, 2.24) is 9.38 Å². The normalized spacial score (nSPS) is 23.2. The molecule has 96 valence electrons. The summed E-state index contributed by atoms with van der Waals surface area (Å²) in [4.78, 5) is 4.36. The highest BCUT2D eigenvalue weighted by molar-refractivity contribution is 7.91. The predicted octanol–water partition coefficient (Wildman–Crippen LogP) is 1.21. The van der Waals surface area contributed by atoms with Crippen LogP contribution in [0.1, 0.15) is 24.6 Å². The summed E-state index contributed by atoms with van der Waals surface area (Å²) in [6.07, 6.45) is 3.30.